The third-order valence-corrected chi connectivity index (χ3v) is 3.79. The van der Waals surface area contributed by atoms with E-state index < -0.39 is 18.1 Å². The lowest BCUT2D eigenvalue weighted by atomic mass is 9.98. The van der Waals surface area contributed by atoms with E-state index in [1.807, 2.05) is 4.90 Å². The Kier molecular flexibility index (Phi) is 4.01. The first-order chi connectivity index (χ1) is 8.09. The third-order valence-electron chi connectivity index (χ3n) is 3.79. The van der Waals surface area contributed by atoms with Gasteiger partial charge in [0, 0.05) is 12.6 Å². The highest BCUT2D eigenvalue weighted by molar-refractivity contribution is 5.82. The Bertz CT molecular complexity index is 277. The molecule has 3 unspecified atom stereocenters. The number of carbonyl (C=O) groups excluding carboxylic acids is 1. The number of hydrogen-bond acceptors (Lipinski definition) is 4. The molecule has 0 bridgehead atoms. The van der Waals surface area contributed by atoms with Crippen LogP contribution < -0.4 is 5.32 Å². The van der Waals surface area contributed by atoms with Gasteiger partial charge < -0.3 is 20.4 Å². The second-order valence-corrected chi connectivity index (χ2v) is 5.23. The van der Waals surface area contributed by atoms with E-state index in [0.717, 1.165) is 25.9 Å². The molecule has 2 saturated heterocycles. The summed E-state index contributed by atoms with van der Waals surface area (Å²) in [4.78, 5) is 14.0. The predicted molar refractivity (Wildman–Crippen MR) is 63.4 cm³/mol. The summed E-state index contributed by atoms with van der Waals surface area (Å²) in [6, 6.07) is 0.261. The van der Waals surface area contributed by atoms with Gasteiger partial charge in [0.05, 0.1) is 18.1 Å². The minimum Gasteiger partial charge on any atom is -0.393 e. The lowest BCUT2D eigenvalue weighted by Crippen LogP contribution is -2.44. The van der Waals surface area contributed by atoms with Gasteiger partial charge in [0.25, 0.3) is 0 Å². The summed E-state index contributed by atoms with van der Waals surface area (Å²) >= 11 is 0. The van der Waals surface area contributed by atoms with Crippen LogP contribution in [0.4, 0.5) is 0 Å². The van der Waals surface area contributed by atoms with E-state index in [9.17, 15) is 15.0 Å². The number of nitrogens with zero attached hydrogens (tertiary/aromatic N) is 1. The Morgan fingerprint density at radius 1 is 1.47 bits per heavy atom. The number of hydrogen-bond donors (Lipinski definition) is 3. The molecule has 0 radical (unpaired) electrons. The largest absolute Gasteiger partial charge is 0.393 e. The fourth-order valence-corrected chi connectivity index (χ4v) is 2.87. The van der Waals surface area contributed by atoms with Crippen molar-refractivity contribution in [1.82, 2.24) is 10.2 Å². The summed E-state index contributed by atoms with van der Waals surface area (Å²) in [5.41, 5.74) is 0. The van der Waals surface area contributed by atoms with Gasteiger partial charge in [-0.2, -0.15) is 0 Å². The van der Waals surface area contributed by atoms with E-state index in [1.165, 1.54) is 0 Å². The molecule has 0 aromatic rings. The summed E-state index contributed by atoms with van der Waals surface area (Å²) in [5.74, 6) is -0.393. The molecule has 5 heteroatoms. The molecule has 0 aliphatic carbocycles. The smallest absolute Gasteiger partial charge is 0.228 e. The number of amides is 1. The number of aliphatic hydroxyl groups excluding tert-OH is 2. The molecule has 3 atom stereocenters. The van der Waals surface area contributed by atoms with Crippen LogP contribution in [0, 0.1) is 5.92 Å². The maximum Gasteiger partial charge on any atom is 0.228 e. The molecule has 0 aromatic heterocycles. The number of carbonyl (C=O) groups is 1. The molecule has 17 heavy (non-hydrogen) atoms. The Labute approximate surface area is 102 Å². The van der Waals surface area contributed by atoms with E-state index in [0.29, 0.717) is 13.0 Å². The van der Waals surface area contributed by atoms with Gasteiger partial charge in [-0.05, 0) is 39.3 Å². The van der Waals surface area contributed by atoms with Crippen molar-refractivity contribution in [2.45, 2.75) is 44.4 Å². The highest BCUT2D eigenvalue weighted by Crippen LogP contribution is 2.27. The van der Waals surface area contributed by atoms with Crippen molar-refractivity contribution in [3.05, 3.63) is 0 Å². The maximum atomic E-state index is 12.2. The van der Waals surface area contributed by atoms with Gasteiger partial charge in [-0.1, -0.05) is 0 Å². The van der Waals surface area contributed by atoms with Crippen LogP contribution in [-0.2, 0) is 4.79 Å². The second kappa shape index (κ2) is 5.33. The molecular formula is C12H22N2O3. The molecule has 2 heterocycles. The molecule has 3 N–H and O–H groups in total. The van der Waals surface area contributed by atoms with Gasteiger partial charge in [-0.15, -0.1) is 0 Å². The van der Waals surface area contributed by atoms with Crippen LogP contribution in [0.3, 0.4) is 0 Å². The van der Waals surface area contributed by atoms with Gasteiger partial charge in [-0.25, -0.2) is 0 Å². The number of piperidine rings is 1. The summed E-state index contributed by atoms with van der Waals surface area (Å²) < 4.78 is 0. The minimum atomic E-state index is -0.619. The van der Waals surface area contributed by atoms with Crippen molar-refractivity contribution in [3.8, 4) is 0 Å². The molecule has 2 aliphatic rings. The Balaban J connectivity index is 1.99. The third kappa shape index (κ3) is 2.78. The van der Waals surface area contributed by atoms with E-state index in [1.54, 1.807) is 6.92 Å². The molecule has 1 amide bonds. The lowest BCUT2D eigenvalue weighted by Gasteiger charge is -2.31. The van der Waals surface area contributed by atoms with Crippen molar-refractivity contribution in [1.29, 1.82) is 0 Å². The SMILES string of the molecule is CC(O)CC1C(=O)N(C2CCNCC2)CC1O. The fourth-order valence-electron chi connectivity index (χ4n) is 2.87. The van der Waals surface area contributed by atoms with Gasteiger partial charge >= 0.3 is 0 Å². The molecule has 5 nitrogen and oxygen atoms in total. The van der Waals surface area contributed by atoms with Crippen LogP contribution in [0.1, 0.15) is 26.2 Å². The summed E-state index contributed by atoms with van der Waals surface area (Å²) in [6.45, 7) is 3.96. The topological polar surface area (TPSA) is 72.8 Å². The van der Waals surface area contributed by atoms with Crippen LogP contribution in [0.25, 0.3) is 0 Å². The highest BCUT2D eigenvalue weighted by atomic mass is 16.3. The van der Waals surface area contributed by atoms with E-state index in [2.05, 4.69) is 5.32 Å². The molecule has 0 saturated carbocycles. The summed E-state index contributed by atoms with van der Waals surface area (Å²) in [6.07, 6.45) is 1.12. The Morgan fingerprint density at radius 2 is 2.12 bits per heavy atom. The normalized spacial score (nSPS) is 33.1. The van der Waals surface area contributed by atoms with Gasteiger partial charge in [-0.3, -0.25) is 4.79 Å². The average Bonchev–Trinajstić information content (AvgIpc) is 2.58. The highest BCUT2D eigenvalue weighted by Gasteiger charge is 2.42. The fraction of sp³-hybridized carbons (Fsp3) is 0.917. The lowest BCUT2D eigenvalue weighted by molar-refractivity contribution is -0.134. The molecule has 0 aromatic carbocycles. The minimum absolute atomic E-state index is 0.0188. The summed E-state index contributed by atoms with van der Waals surface area (Å²) in [7, 11) is 0. The van der Waals surface area contributed by atoms with Crippen LogP contribution in [0.5, 0.6) is 0 Å². The second-order valence-electron chi connectivity index (χ2n) is 5.23. The van der Waals surface area contributed by atoms with Crippen LogP contribution >= 0.6 is 0 Å². The number of β-amino-alcohol motifs (C(OH)–C–C–N with tert-alkyl or cyclic N) is 1. The first-order valence-corrected chi connectivity index (χ1v) is 6.47. The first kappa shape index (κ1) is 12.8. The Morgan fingerprint density at radius 3 is 2.71 bits per heavy atom. The monoisotopic (exact) mass is 242 g/mol. The van der Waals surface area contributed by atoms with Crippen molar-refractivity contribution >= 4 is 5.91 Å². The van der Waals surface area contributed by atoms with Gasteiger partial charge in [0.15, 0.2) is 0 Å². The average molecular weight is 242 g/mol. The quantitative estimate of drug-likeness (QED) is 0.613. The van der Waals surface area contributed by atoms with Crippen LogP contribution in [0.15, 0.2) is 0 Å². The van der Waals surface area contributed by atoms with Crippen LogP contribution in [0.2, 0.25) is 0 Å². The maximum absolute atomic E-state index is 12.2. The van der Waals surface area contributed by atoms with Crippen molar-refractivity contribution in [3.63, 3.8) is 0 Å². The zero-order valence-corrected chi connectivity index (χ0v) is 10.3. The van der Waals surface area contributed by atoms with Crippen molar-refractivity contribution in [2.75, 3.05) is 19.6 Å². The van der Waals surface area contributed by atoms with Gasteiger partial charge in [0.1, 0.15) is 0 Å². The molecule has 2 rings (SSSR count). The van der Waals surface area contributed by atoms with E-state index in [-0.39, 0.29) is 11.9 Å². The van der Waals surface area contributed by atoms with Crippen LogP contribution in [-0.4, -0.2) is 58.9 Å². The molecule has 98 valence electrons. The number of likely N-dealkylation sites (tertiary alicyclic amines) is 1. The Hall–Kier alpha value is -0.650. The first-order valence-electron chi connectivity index (χ1n) is 6.47. The standard InChI is InChI=1S/C12H22N2O3/c1-8(15)6-10-11(16)7-14(12(10)17)9-2-4-13-5-3-9/h8-11,13,15-16H,2-7H2,1H3. The zero-order chi connectivity index (χ0) is 12.4. The number of aliphatic hydroxyl groups is 2. The van der Waals surface area contributed by atoms with Crippen molar-refractivity contribution < 1.29 is 15.0 Å². The molecular weight excluding hydrogens is 220 g/mol. The summed E-state index contributed by atoms with van der Waals surface area (Å²) in [5, 5.41) is 22.5. The van der Waals surface area contributed by atoms with E-state index >= 15 is 0 Å². The zero-order valence-electron chi connectivity index (χ0n) is 10.3. The molecule has 2 fully saturated rings. The van der Waals surface area contributed by atoms with E-state index in [4.69, 9.17) is 0 Å². The molecule has 2 aliphatic heterocycles. The molecule has 0 spiro atoms. The van der Waals surface area contributed by atoms with Gasteiger partial charge in [0.2, 0.25) is 5.91 Å². The van der Waals surface area contributed by atoms with Crippen molar-refractivity contribution in [2.24, 2.45) is 5.92 Å². The predicted octanol–water partition coefficient (Wildman–Crippen LogP) is -0.671. The number of rotatable bonds is 3. The number of nitrogens with one attached hydrogen (secondary N) is 1.